The fourth-order valence-corrected chi connectivity index (χ4v) is 4.73. The largest absolute Gasteiger partial charge is 0.378 e. The highest BCUT2D eigenvalue weighted by Crippen LogP contribution is 2.41. The van der Waals surface area contributed by atoms with Crippen LogP contribution in [0.25, 0.3) is 0 Å². The Morgan fingerprint density at radius 1 is 1.33 bits per heavy atom. The molecule has 10 heteroatoms. The van der Waals surface area contributed by atoms with Gasteiger partial charge in [0.1, 0.15) is 5.69 Å². The van der Waals surface area contributed by atoms with Crippen molar-refractivity contribution in [2.45, 2.75) is 57.7 Å². The molecular weight excluding hydrogens is 444 g/mol. The summed E-state index contributed by atoms with van der Waals surface area (Å²) in [5.74, 6) is -0.368. The fraction of sp³-hybridized carbons (Fsp3) is 0.435. The van der Waals surface area contributed by atoms with E-state index in [0.717, 1.165) is 0 Å². The minimum absolute atomic E-state index is 0.0359. The van der Waals surface area contributed by atoms with Crippen LogP contribution in [0.5, 0.6) is 0 Å². The van der Waals surface area contributed by atoms with Crippen LogP contribution < -0.4 is 11.1 Å². The number of aromatic nitrogens is 2. The Bertz CT molecular complexity index is 1110. The Labute approximate surface area is 197 Å². The van der Waals surface area contributed by atoms with Crippen molar-refractivity contribution in [2.24, 2.45) is 10.7 Å². The highest BCUT2D eigenvalue weighted by Gasteiger charge is 2.42. The molecule has 2 amide bonds. The first-order chi connectivity index (χ1) is 15.7. The van der Waals surface area contributed by atoms with Gasteiger partial charge < -0.3 is 15.8 Å². The summed E-state index contributed by atoms with van der Waals surface area (Å²) in [5, 5.41) is 3.07. The van der Waals surface area contributed by atoms with Gasteiger partial charge in [-0.05, 0) is 39.7 Å². The van der Waals surface area contributed by atoms with Crippen molar-refractivity contribution in [1.29, 1.82) is 0 Å². The number of nitrogens with one attached hydrogen (secondary N) is 1. The molecule has 4 rings (SSSR count). The van der Waals surface area contributed by atoms with Gasteiger partial charge in [-0.15, -0.1) is 0 Å². The van der Waals surface area contributed by atoms with Crippen LogP contribution in [-0.2, 0) is 15.1 Å². The van der Waals surface area contributed by atoms with Crippen molar-refractivity contribution in [1.82, 2.24) is 14.9 Å². The fourth-order valence-electron chi connectivity index (χ4n) is 4.35. The predicted octanol–water partition coefficient (Wildman–Crippen LogP) is 3.02. The van der Waals surface area contributed by atoms with Crippen LogP contribution in [0, 0.1) is 6.92 Å². The number of aliphatic imine (C=N–C) groups is 1. The first-order valence-electron chi connectivity index (χ1n) is 10.9. The molecule has 2 aromatic rings. The number of aryl methyl sites for hydroxylation is 1. The second kappa shape index (κ2) is 9.07. The number of rotatable bonds is 4. The van der Waals surface area contributed by atoms with Gasteiger partial charge in [0.25, 0.3) is 5.91 Å². The average molecular weight is 471 g/mol. The quantitative estimate of drug-likeness (QED) is 0.708. The summed E-state index contributed by atoms with van der Waals surface area (Å²) in [6.07, 6.45) is 4.52. The van der Waals surface area contributed by atoms with Gasteiger partial charge in [-0.2, -0.15) is 0 Å². The molecule has 1 fully saturated rings. The zero-order valence-corrected chi connectivity index (χ0v) is 19.6. The topological polar surface area (TPSA) is 123 Å². The number of ether oxygens (including phenoxy) is 1. The second-order valence-corrected chi connectivity index (χ2v) is 9.09. The van der Waals surface area contributed by atoms with Gasteiger partial charge in [0.05, 0.1) is 40.7 Å². The normalized spacial score (nSPS) is 25.5. The van der Waals surface area contributed by atoms with Gasteiger partial charge in [0, 0.05) is 24.4 Å². The highest BCUT2D eigenvalue weighted by atomic mass is 35.5. The van der Waals surface area contributed by atoms with Crippen LogP contribution in [0.1, 0.15) is 54.9 Å². The summed E-state index contributed by atoms with van der Waals surface area (Å²) in [4.78, 5) is 40.3. The maximum absolute atomic E-state index is 13.2. The Morgan fingerprint density at radius 2 is 2.12 bits per heavy atom. The number of nitrogens with two attached hydrogens (primary N) is 1. The third-order valence-electron chi connectivity index (χ3n) is 6.04. The minimum Gasteiger partial charge on any atom is -0.378 e. The summed E-state index contributed by atoms with van der Waals surface area (Å²) in [7, 11) is 0. The van der Waals surface area contributed by atoms with E-state index >= 15 is 0 Å². The Balaban J connectivity index is 1.60. The van der Waals surface area contributed by atoms with E-state index in [1.165, 1.54) is 12.4 Å². The smallest absolute Gasteiger partial charge is 0.275 e. The van der Waals surface area contributed by atoms with E-state index in [1.807, 2.05) is 13.8 Å². The number of hydrogen-bond donors (Lipinski definition) is 2. The summed E-state index contributed by atoms with van der Waals surface area (Å²) in [6.45, 7) is 6.18. The highest BCUT2D eigenvalue weighted by molar-refractivity contribution is 6.34. The number of nitrogens with zero attached hydrogens (tertiary/aromatic N) is 4. The van der Waals surface area contributed by atoms with Crippen LogP contribution in [0.4, 0.5) is 5.69 Å². The molecule has 0 radical (unpaired) electrons. The molecule has 3 atom stereocenters. The van der Waals surface area contributed by atoms with E-state index in [2.05, 4.69) is 15.3 Å². The van der Waals surface area contributed by atoms with E-state index in [0.29, 0.717) is 41.4 Å². The molecule has 0 unspecified atom stereocenters. The van der Waals surface area contributed by atoms with E-state index in [9.17, 15) is 9.59 Å². The van der Waals surface area contributed by atoms with Crippen LogP contribution in [-0.4, -0.2) is 51.4 Å². The Morgan fingerprint density at radius 3 is 2.79 bits per heavy atom. The number of benzene rings is 1. The predicted molar refractivity (Wildman–Crippen MR) is 125 cm³/mol. The maximum Gasteiger partial charge on any atom is 0.275 e. The lowest BCUT2D eigenvalue weighted by molar-refractivity contribution is -0.133. The zero-order valence-electron chi connectivity index (χ0n) is 18.8. The van der Waals surface area contributed by atoms with E-state index < -0.39 is 11.4 Å². The first kappa shape index (κ1) is 23.1. The van der Waals surface area contributed by atoms with Crippen molar-refractivity contribution in [3.05, 3.63) is 52.6 Å². The SMILES string of the molecule is Cc1cnc(C(=O)Nc2cccc([C@]3(C)CC(=O)N([C@@H]4CCO[C@H](C)C4)C(N)=N3)c2Cl)cn1. The van der Waals surface area contributed by atoms with Gasteiger partial charge in [-0.25, -0.2) is 9.98 Å². The molecule has 0 saturated carbocycles. The van der Waals surface area contributed by atoms with Gasteiger partial charge >= 0.3 is 0 Å². The van der Waals surface area contributed by atoms with E-state index in [4.69, 9.17) is 27.1 Å². The zero-order chi connectivity index (χ0) is 23.8. The van der Waals surface area contributed by atoms with Gasteiger partial charge in [-0.1, -0.05) is 23.7 Å². The number of amides is 2. The average Bonchev–Trinajstić information content (AvgIpc) is 2.75. The van der Waals surface area contributed by atoms with Crippen molar-refractivity contribution >= 4 is 35.1 Å². The molecule has 0 spiro atoms. The molecule has 174 valence electrons. The molecule has 33 heavy (non-hydrogen) atoms. The van der Waals surface area contributed by atoms with E-state index in [-0.39, 0.29) is 36.1 Å². The Hall–Kier alpha value is -3.04. The Kier molecular flexibility index (Phi) is 6.36. The number of guanidine groups is 1. The molecule has 1 saturated heterocycles. The van der Waals surface area contributed by atoms with Crippen LogP contribution in [0.3, 0.4) is 0 Å². The van der Waals surface area contributed by atoms with Crippen LogP contribution >= 0.6 is 11.6 Å². The maximum atomic E-state index is 13.2. The lowest BCUT2D eigenvalue weighted by Crippen LogP contribution is -2.56. The summed E-state index contributed by atoms with van der Waals surface area (Å²) >= 11 is 6.69. The van der Waals surface area contributed by atoms with Crippen molar-refractivity contribution in [2.75, 3.05) is 11.9 Å². The third-order valence-corrected chi connectivity index (χ3v) is 6.44. The van der Waals surface area contributed by atoms with Crippen molar-refractivity contribution < 1.29 is 14.3 Å². The van der Waals surface area contributed by atoms with Gasteiger partial charge in [-0.3, -0.25) is 19.5 Å². The lowest BCUT2D eigenvalue weighted by atomic mass is 9.86. The third kappa shape index (κ3) is 4.69. The molecule has 0 aliphatic carbocycles. The molecule has 1 aromatic carbocycles. The van der Waals surface area contributed by atoms with Gasteiger partial charge in [0.2, 0.25) is 5.91 Å². The van der Waals surface area contributed by atoms with Crippen molar-refractivity contribution in [3.63, 3.8) is 0 Å². The standard InChI is InChI=1S/C23H27ClN6O3/c1-13-11-27-18(12-26-13)21(32)28-17-6-4-5-16(20(17)24)23(3)10-19(31)30(22(25)29-23)15-7-8-33-14(2)9-15/h4-6,11-12,14-15H,7-10H2,1-3H3,(H2,25,29)(H,28,32)/t14-,15-,23+/m1/s1. The summed E-state index contributed by atoms with van der Waals surface area (Å²) in [5.41, 5.74) is 7.22. The molecule has 9 nitrogen and oxygen atoms in total. The summed E-state index contributed by atoms with van der Waals surface area (Å²) in [6, 6.07) is 5.19. The van der Waals surface area contributed by atoms with Crippen LogP contribution in [0.15, 0.2) is 35.6 Å². The molecule has 0 bridgehead atoms. The molecule has 2 aliphatic heterocycles. The first-order valence-corrected chi connectivity index (χ1v) is 11.2. The molecule has 3 heterocycles. The summed E-state index contributed by atoms with van der Waals surface area (Å²) < 4.78 is 5.60. The minimum atomic E-state index is -0.962. The molecule has 1 aromatic heterocycles. The lowest BCUT2D eigenvalue weighted by Gasteiger charge is -2.41. The number of carbonyl (C=O) groups excluding carboxylic acids is 2. The molecule has 3 N–H and O–H groups in total. The van der Waals surface area contributed by atoms with Gasteiger partial charge in [0.15, 0.2) is 5.96 Å². The molecular formula is C23H27ClN6O3. The van der Waals surface area contributed by atoms with Crippen LogP contribution in [0.2, 0.25) is 5.02 Å². The molecule has 2 aliphatic rings. The second-order valence-electron chi connectivity index (χ2n) is 8.71. The number of carbonyl (C=O) groups is 2. The number of halogens is 1. The monoisotopic (exact) mass is 470 g/mol. The number of anilines is 1. The number of hydrogen-bond acceptors (Lipinski definition) is 7. The van der Waals surface area contributed by atoms with Crippen molar-refractivity contribution in [3.8, 4) is 0 Å². The van der Waals surface area contributed by atoms with E-state index in [1.54, 1.807) is 30.0 Å².